The molecule has 3 nitrogen and oxygen atoms in total. The first kappa shape index (κ1) is 19.4. The van der Waals surface area contributed by atoms with Crippen LogP contribution in [0.1, 0.15) is 30.0 Å². The van der Waals surface area contributed by atoms with Crippen molar-refractivity contribution in [2.75, 3.05) is 7.11 Å². The predicted molar refractivity (Wildman–Crippen MR) is 114 cm³/mol. The Hall–Kier alpha value is -3.33. The number of hydrogen-bond donors (Lipinski definition) is 1. The van der Waals surface area contributed by atoms with Gasteiger partial charge in [-0.1, -0.05) is 74.0 Å². The SMILES string of the molecule is CCCc1cc(C(=CC(=O)O)c2ccc(-c3ccccc3)cc2)ccc1OC. The van der Waals surface area contributed by atoms with Crippen molar-refractivity contribution in [2.45, 2.75) is 19.8 Å². The number of carboxylic acid groups (broad SMARTS) is 1. The van der Waals surface area contributed by atoms with Gasteiger partial charge in [0, 0.05) is 6.08 Å². The van der Waals surface area contributed by atoms with E-state index in [2.05, 4.69) is 19.1 Å². The van der Waals surface area contributed by atoms with Crippen LogP contribution in [0.5, 0.6) is 5.75 Å². The molecule has 0 saturated heterocycles. The molecule has 1 N–H and O–H groups in total. The molecule has 0 spiro atoms. The topological polar surface area (TPSA) is 46.5 Å². The standard InChI is InChI=1S/C25H24O3/c1-3-7-22-16-21(14-15-24(22)28-2)23(17-25(26)27)20-12-10-19(11-13-20)18-8-5-4-6-9-18/h4-6,8-17H,3,7H2,1-2H3,(H,26,27). The normalized spacial score (nSPS) is 11.3. The molecular weight excluding hydrogens is 348 g/mol. The van der Waals surface area contributed by atoms with E-state index in [1.165, 1.54) is 6.08 Å². The van der Waals surface area contributed by atoms with E-state index in [0.717, 1.165) is 46.4 Å². The molecule has 0 radical (unpaired) electrons. The maximum Gasteiger partial charge on any atom is 0.328 e. The molecule has 0 fully saturated rings. The molecule has 0 saturated carbocycles. The van der Waals surface area contributed by atoms with Crippen molar-refractivity contribution in [3.8, 4) is 16.9 Å². The van der Waals surface area contributed by atoms with Crippen molar-refractivity contribution in [3.05, 3.63) is 95.6 Å². The van der Waals surface area contributed by atoms with Crippen LogP contribution < -0.4 is 4.74 Å². The summed E-state index contributed by atoms with van der Waals surface area (Å²) in [7, 11) is 1.66. The molecule has 0 atom stereocenters. The van der Waals surface area contributed by atoms with Gasteiger partial charge in [0.2, 0.25) is 0 Å². The van der Waals surface area contributed by atoms with Crippen molar-refractivity contribution in [1.82, 2.24) is 0 Å². The Bertz CT molecular complexity index is 970. The first-order valence-electron chi connectivity index (χ1n) is 9.40. The number of rotatable bonds is 7. The summed E-state index contributed by atoms with van der Waals surface area (Å²) >= 11 is 0. The number of aliphatic carboxylic acids is 1. The van der Waals surface area contributed by atoms with Gasteiger partial charge in [-0.15, -0.1) is 0 Å². The predicted octanol–water partition coefficient (Wildman–Crippen LogP) is 5.83. The molecule has 3 aromatic carbocycles. The Balaban J connectivity index is 2.02. The van der Waals surface area contributed by atoms with E-state index in [-0.39, 0.29) is 0 Å². The summed E-state index contributed by atoms with van der Waals surface area (Å²) < 4.78 is 5.45. The van der Waals surface area contributed by atoms with Crippen LogP contribution in [0.3, 0.4) is 0 Å². The molecule has 0 aliphatic rings. The van der Waals surface area contributed by atoms with E-state index in [4.69, 9.17) is 4.74 Å². The van der Waals surface area contributed by atoms with Crippen LogP contribution in [0, 0.1) is 0 Å². The lowest BCUT2D eigenvalue weighted by molar-refractivity contribution is -0.131. The lowest BCUT2D eigenvalue weighted by Crippen LogP contribution is -1.98. The summed E-state index contributed by atoms with van der Waals surface area (Å²) in [4.78, 5) is 11.5. The highest BCUT2D eigenvalue weighted by Gasteiger charge is 2.11. The summed E-state index contributed by atoms with van der Waals surface area (Å²) in [5, 5.41) is 9.41. The van der Waals surface area contributed by atoms with E-state index in [0.29, 0.717) is 5.57 Å². The number of ether oxygens (including phenoxy) is 1. The van der Waals surface area contributed by atoms with Gasteiger partial charge in [-0.25, -0.2) is 4.79 Å². The lowest BCUT2D eigenvalue weighted by atomic mass is 9.93. The minimum absolute atomic E-state index is 0.687. The zero-order chi connectivity index (χ0) is 19.9. The van der Waals surface area contributed by atoms with E-state index < -0.39 is 5.97 Å². The van der Waals surface area contributed by atoms with E-state index in [1.54, 1.807) is 7.11 Å². The largest absolute Gasteiger partial charge is 0.496 e. The average Bonchev–Trinajstić information content (AvgIpc) is 2.73. The minimum atomic E-state index is -0.963. The van der Waals surface area contributed by atoms with Crippen LogP contribution in [0.2, 0.25) is 0 Å². The molecule has 3 rings (SSSR count). The quantitative estimate of drug-likeness (QED) is 0.531. The highest BCUT2D eigenvalue weighted by molar-refractivity contribution is 5.95. The number of benzene rings is 3. The molecule has 0 unspecified atom stereocenters. The zero-order valence-corrected chi connectivity index (χ0v) is 16.2. The maximum absolute atomic E-state index is 11.5. The van der Waals surface area contributed by atoms with Gasteiger partial charge in [-0.05, 0) is 51.9 Å². The molecule has 142 valence electrons. The van der Waals surface area contributed by atoms with Crippen molar-refractivity contribution in [3.63, 3.8) is 0 Å². The van der Waals surface area contributed by atoms with Gasteiger partial charge >= 0.3 is 5.97 Å². The van der Waals surface area contributed by atoms with Crippen molar-refractivity contribution < 1.29 is 14.6 Å². The van der Waals surface area contributed by atoms with Crippen LogP contribution in [-0.4, -0.2) is 18.2 Å². The average molecular weight is 372 g/mol. The first-order valence-corrected chi connectivity index (χ1v) is 9.40. The highest BCUT2D eigenvalue weighted by atomic mass is 16.5. The van der Waals surface area contributed by atoms with Crippen LogP contribution >= 0.6 is 0 Å². The van der Waals surface area contributed by atoms with Gasteiger partial charge in [0.1, 0.15) is 5.75 Å². The number of carbonyl (C=O) groups is 1. The second kappa shape index (κ2) is 9.05. The molecule has 0 bridgehead atoms. The van der Waals surface area contributed by atoms with E-state index >= 15 is 0 Å². The molecule has 28 heavy (non-hydrogen) atoms. The van der Waals surface area contributed by atoms with Gasteiger partial charge in [0.15, 0.2) is 0 Å². The van der Waals surface area contributed by atoms with Gasteiger partial charge in [-0.2, -0.15) is 0 Å². The first-order chi connectivity index (χ1) is 13.6. The third-order valence-electron chi connectivity index (χ3n) is 4.68. The van der Waals surface area contributed by atoms with Crippen LogP contribution in [-0.2, 0) is 11.2 Å². The van der Waals surface area contributed by atoms with Gasteiger partial charge in [0.25, 0.3) is 0 Å². The fourth-order valence-corrected chi connectivity index (χ4v) is 3.34. The third-order valence-corrected chi connectivity index (χ3v) is 4.68. The van der Waals surface area contributed by atoms with Gasteiger partial charge in [0.05, 0.1) is 7.11 Å². The summed E-state index contributed by atoms with van der Waals surface area (Å²) in [5.74, 6) is -0.130. The van der Waals surface area contributed by atoms with Crippen molar-refractivity contribution >= 4 is 11.5 Å². The summed E-state index contributed by atoms with van der Waals surface area (Å²) in [6.45, 7) is 2.11. The summed E-state index contributed by atoms with van der Waals surface area (Å²) in [6, 6.07) is 24.0. The second-order valence-electron chi connectivity index (χ2n) is 6.62. The van der Waals surface area contributed by atoms with E-state index in [9.17, 15) is 9.90 Å². The summed E-state index contributed by atoms with van der Waals surface area (Å²) in [5.41, 5.74) is 5.74. The molecule has 0 aliphatic heterocycles. The van der Waals surface area contributed by atoms with Gasteiger partial charge in [-0.3, -0.25) is 0 Å². The molecule has 3 aromatic rings. The fourth-order valence-electron chi connectivity index (χ4n) is 3.34. The van der Waals surface area contributed by atoms with Crippen molar-refractivity contribution in [2.24, 2.45) is 0 Å². The monoisotopic (exact) mass is 372 g/mol. The van der Waals surface area contributed by atoms with Crippen molar-refractivity contribution in [1.29, 1.82) is 0 Å². The maximum atomic E-state index is 11.5. The third kappa shape index (κ3) is 4.49. The Labute approximate surface area is 165 Å². The number of hydrogen-bond acceptors (Lipinski definition) is 2. The van der Waals surface area contributed by atoms with E-state index in [1.807, 2.05) is 60.7 Å². The lowest BCUT2D eigenvalue weighted by Gasteiger charge is -2.13. The molecule has 0 aromatic heterocycles. The molecule has 0 amide bonds. The van der Waals surface area contributed by atoms with Crippen LogP contribution in [0.4, 0.5) is 0 Å². The van der Waals surface area contributed by atoms with Crippen LogP contribution in [0.15, 0.2) is 78.9 Å². The second-order valence-corrected chi connectivity index (χ2v) is 6.62. The molecule has 0 aliphatic carbocycles. The molecule has 3 heteroatoms. The minimum Gasteiger partial charge on any atom is -0.496 e. The van der Waals surface area contributed by atoms with Crippen LogP contribution in [0.25, 0.3) is 16.7 Å². The Kier molecular flexibility index (Phi) is 6.28. The zero-order valence-electron chi connectivity index (χ0n) is 16.2. The Morgan fingerprint density at radius 3 is 2.18 bits per heavy atom. The Morgan fingerprint density at radius 1 is 0.929 bits per heavy atom. The molecule has 0 heterocycles. The fraction of sp³-hybridized carbons (Fsp3) is 0.160. The number of carboxylic acids is 1. The smallest absolute Gasteiger partial charge is 0.328 e. The number of methoxy groups -OCH3 is 1. The van der Waals surface area contributed by atoms with Gasteiger partial charge < -0.3 is 9.84 Å². The summed E-state index contributed by atoms with van der Waals surface area (Å²) in [6.07, 6.45) is 3.14. The number of aryl methyl sites for hydroxylation is 1. The Morgan fingerprint density at radius 2 is 1.57 bits per heavy atom. The highest BCUT2D eigenvalue weighted by Crippen LogP contribution is 2.30. The molecular formula is C25H24O3.